The number of carbonyl (C=O) groups is 1. The van der Waals surface area contributed by atoms with E-state index in [2.05, 4.69) is 4.90 Å². The number of likely N-dealkylation sites (tertiary alicyclic amines) is 1. The van der Waals surface area contributed by atoms with Crippen molar-refractivity contribution in [2.45, 2.75) is 19.4 Å². The average Bonchev–Trinajstić information content (AvgIpc) is 2.41. The number of hydrogen-bond acceptors (Lipinski definition) is 3. The normalized spacial score (nSPS) is 17.1. The summed E-state index contributed by atoms with van der Waals surface area (Å²) >= 11 is 0. The predicted molar refractivity (Wildman–Crippen MR) is 66.8 cm³/mol. The Hall–Kier alpha value is -1.93. The summed E-state index contributed by atoms with van der Waals surface area (Å²) in [4.78, 5) is 13.0. The van der Waals surface area contributed by atoms with Gasteiger partial charge in [-0.2, -0.15) is 5.26 Å². The third-order valence-electron chi connectivity index (χ3n) is 3.52. The number of nitriles is 1. The zero-order valence-corrected chi connectivity index (χ0v) is 10.5. The zero-order chi connectivity index (χ0) is 13.8. The fraction of sp³-hybridized carbons (Fsp3) is 0.429. The molecule has 1 N–H and O–H groups in total. The molecule has 1 aromatic rings. The number of carboxylic acid groups (broad SMARTS) is 1. The first kappa shape index (κ1) is 13.5. The third-order valence-corrected chi connectivity index (χ3v) is 3.52. The Balaban J connectivity index is 2.00. The van der Waals surface area contributed by atoms with Gasteiger partial charge in [-0.15, -0.1) is 0 Å². The number of hydrogen-bond donors (Lipinski definition) is 1. The minimum Gasteiger partial charge on any atom is -0.481 e. The highest BCUT2D eigenvalue weighted by molar-refractivity contribution is 5.70. The molecule has 5 heteroatoms. The zero-order valence-electron chi connectivity index (χ0n) is 10.5. The van der Waals surface area contributed by atoms with Crippen LogP contribution in [0.4, 0.5) is 4.39 Å². The van der Waals surface area contributed by atoms with E-state index in [4.69, 9.17) is 10.4 Å². The summed E-state index contributed by atoms with van der Waals surface area (Å²) in [5, 5.41) is 17.9. The summed E-state index contributed by atoms with van der Waals surface area (Å²) in [6.07, 6.45) is 1.25. The number of carboxylic acids is 1. The van der Waals surface area contributed by atoms with Crippen LogP contribution in [0.3, 0.4) is 0 Å². The van der Waals surface area contributed by atoms with Crippen LogP contribution in [-0.4, -0.2) is 29.1 Å². The maximum absolute atomic E-state index is 13.0. The van der Waals surface area contributed by atoms with Crippen molar-refractivity contribution in [2.24, 2.45) is 5.92 Å². The van der Waals surface area contributed by atoms with Crippen molar-refractivity contribution in [1.29, 1.82) is 5.26 Å². The molecule has 19 heavy (non-hydrogen) atoms. The second-order valence-corrected chi connectivity index (χ2v) is 4.80. The van der Waals surface area contributed by atoms with Gasteiger partial charge in [-0.05, 0) is 43.6 Å². The summed E-state index contributed by atoms with van der Waals surface area (Å²) in [5.74, 6) is -1.41. The number of piperidine rings is 1. The number of aliphatic carboxylic acids is 1. The van der Waals surface area contributed by atoms with Crippen molar-refractivity contribution in [3.05, 3.63) is 35.1 Å². The molecule has 1 saturated heterocycles. The predicted octanol–water partition coefficient (Wildman–Crippen LogP) is 1.99. The highest BCUT2D eigenvalue weighted by Crippen LogP contribution is 2.20. The molecule has 0 amide bonds. The highest BCUT2D eigenvalue weighted by atomic mass is 19.1. The minimum absolute atomic E-state index is 0.264. The third kappa shape index (κ3) is 3.30. The molecule has 1 aromatic carbocycles. The first-order valence-corrected chi connectivity index (χ1v) is 6.24. The lowest BCUT2D eigenvalue weighted by Gasteiger charge is -2.30. The summed E-state index contributed by atoms with van der Waals surface area (Å²) in [6.45, 7) is 1.95. The quantitative estimate of drug-likeness (QED) is 0.904. The lowest BCUT2D eigenvalue weighted by molar-refractivity contribution is -0.143. The minimum atomic E-state index is -0.737. The average molecular weight is 262 g/mol. The molecule has 1 heterocycles. The first-order chi connectivity index (χ1) is 9.10. The SMILES string of the molecule is N#Cc1cc(F)ccc1CN1CCC(C(=O)O)CC1. The van der Waals surface area contributed by atoms with E-state index >= 15 is 0 Å². The van der Waals surface area contributed by atoms with Gasteiger partial charge in [-0.25, -0.2) is 4.39 Å². The molecule has 0 bridgehead atoms. The number of rotatable bonds is 3. The maximum atomic E-state index is 13.0. The van der Waals surface area contributed by atoms with Crippen LogP contribution in [0.2, 0.25) is 0 Å². The Morgan fingerprint density at radius 3 is 2.74 bits per heavy atom. The van der Waals surface area contributed by atoms with Crippen molar-refractivity contribution in [3.63, 3.8) is 0 Å². The van der Waals surface area contributed by atoms with Crippen LogP contribution in [-0.2, 0) is 11.3 Å². The van der Waals surface area contributed by atoms with Gasteiger partial charge in [0.25, 0.3) is 0 Å². The number of nitrogens with zero attached hydrogens (tertiary/aromatic N) is 2. The van der Waals surface area contributed by atoms with Crippen LogP contribution in [0.25, 0.3) is 0 Å². The molecule has 4 nitrogen and oxygen atoms in total. The monoisotopic (exact) mass is 262 g/mol. The van der Waals surface area contributed by atoms with Crippen LogP contribution in [0.1, 0.15) is 24.0 Å². The van der Waals surface area contributed by atoms with Gasteiger partial charge in [0.2, 0.25) is 0 Å². The second-order valence-electron chi connectivity index (χ2n) is 4.80. The molecule has 0 atom stereocenters. The van der Waals surface area contributed by atoms with Crippen LogP contribution >= 0.6 is 0 Å². The van der Waals surface area contributed by atoms with Gasteiger partial charge in [0.1, 0.15) is 5.82 Å². The lowest BCUT2D eigenvalue weighted by Crippen LogP contribution is -2.36. The van der Waals surface area contributed by atoms with Crippen LogP contribution < -0.4 is 0 Å². The Labute approximate surface area is 111 Å². The fourth-order valence-electron chi connectivity index (χ4n) is 2.37. The van der Waals surface area contributed by atoms with E-state index in [-0.39, 0.29) is 5.92 Å². The summed E-state index contributed by atoms with van der Waals surface area (Å²) in [5.41, 5.74) is 1.14. The molecule has 2 rings (SSSR count). The number of benzene rings is 1. The van der Waals surface area contributed by atoms with Crippen molar-refractivity contribution < 1.29 is 14.3 Å². The maximum Gasteiger partial charge on any atom is 0.306 e. The molecule has 0 radical (unpaired) electrons. The summed E-state index contributed by atoms with van der Waals surface area (Å²) in [6, 6.07) is 6.20. The molecule has 100 valence electrons. The van der Waals surface area contributed by atoms with Gasteiger partial charge in [0.05, 0.1) is 17.6 Å². The molecule has 0 unspecified atom stereocenters. The molecule has 1 aliphatic rings. The van der Waals surface area contributed by atoms with Crippen LogP contribution in [0.5, 0.6) is 0 Å². The number of halogens is 1. The fourth-order valence-corrected chi connectivity index (χ4v) is 2.37. The van der Waals surface area contributed by atoms with Gasteiger partial charge < -0.3 is 5.11 Å². The summed E-state index contributed by atoms with van der Waals surface area (Å²) < 4.78 is 13.0. The van der Waals surface area contributed by atoms with E-state index in [1.165, 1.54) is 12.1 Å². The summed E-state index contributed by atoms with van der Waals surface area (Å²) in [7, 11) is 0. The topological polar surface area (TPSA) is 64.3 Å². The molecule has 0 aromatic heterocycles. The van der Waals surface area contributed by atoms with Crippen molar-refractivity contribution >= 4 is 5.97 Å². The van der Waals surface area contributed by atoms with E-state index in [0.717, 1.165) is 5.56 Å². The van der Waals surface area contributed by atoms with E-state index in [1.54, 1.807) is 6.07 Å². The first-order valence-electron chi connectivity index (χ1n) is 6.24. The Bertz CT molecular complexity index is 517. The molecule has 0 saturated carbocycles. The van der Waals surface area contributed by atoms with Crippen molar-refractivity contribution in [2.75, 3.05) is 13.1 Å². The molecular weight excluding hydrogens is 247 g/mol. The smallest absolute Gasteiger partial charge is 0.306 e. The van der Waals surface area contributed by atoms with Crippen LogP contribution in [0, 0.1) is 23.1 Å². The van der Waals surface area contributed by atoms with Gasteiger partial charge >= 0.3 is 5.97 Å². The van der Waals surface area contributed by atoms with Gasteiger partial charge in [-0.1, -0.05) is 6.07 Å². The Kier molecular flexibility index (Phi) is 4.13. The standard InChI is InChI=1S/C14H15FN2O2/c15-13-2-1-11(12(7-13)8-16)9-17-5-3-10(4-6-17)14(18)19/h1-2,7,10H,3-6,9H2,(H,18,19). The van der Waals surface area contributed by atoms with Gasteiger partial charge in [0, 0.05) is 6.54 Å². The van der Waals surface area contributed by atoms with Gasteiger partial charge in [-0.3, -0.25) is 9.69 Å². The Morgan fingerprint density at radius 2 is 2.16 bits per heavy atom. The second kappa shape index (κ2) is 5.81. The largest absolute Gasteiger partial charge is 0.481 e. The van der Waals surface area contributed by atoms with Crippen molar-refractivity contribution in [3.8, 4) is 6.07 Å². The Morgan fingerprint density at radius 1 is 1.47 bits per heavy atom. The molecule has 0 aliphatic carbocycles. The van der Waals surface area contributed by atoms with Crippen LogP contribution in [0.15, 0.2) is 18.2 Å². The van der Waals surface area contributed by atoms with E-state index in [0.29, 0.717) is 38.0 Å². The molecule has 1 aliphatic heterocycles. The highest BCUT2D eigenvalue weighted by Gasteiger charge is 2.24. The van der Waals surface area contributed by atoms with Crippen molar-refractivity contribution in [1.82, 2.24) is 4.90 Å². The molecule has 0 spiro atoms. The van der Waals surface area contributed by atoms with E-state index < -0.39 is 11.8 Å². The van der Waals surface area contributed by atoms with E-state index in [1.807, 2.05) is 6.07 Å². The van der Waals surface area contributed by atoms with E-state index in [9.17, 15) is 9.18 Å². The molecular formula is C14H15FN2O2. The lowest BCUT2D eigenvalue weighted by atomic mass is 9.96. The van der Waals surface area contributed by atoms with Gasteiger partial charge in [0.15, 0.2) is 0 Å². The molecule has 1 fully saturated rings.